The van der Waals surface area contributed by atoms with E-state index in [1.807, 2.05) is 6.08 Å². The molecular formula is C17H18BrNO4. The van der Waals surface area contributed by atoms with Crippen LogP contribution in [0.3, 0.4) is 0 Å². The van der Waals surface area contributed by atoms with Gasteiger partial charge in [0, 0.05) is 29.4 Å². The molecule has 1 aliphatic carbocycles. The Balaban J connectivity index is 1.91. The van der Waals surface area contributed by atoms with Gasteiger partial charge in [-0.3, -0.25) is 9.59 Å². The number of phenolic OH excluding ortho intramolecular Hbond substituents is 2. The summed E-state index contributed by atoms with van der Waals surface area (Å²) >= 11 is 3.40. The molecule has 5 nitrogen and oxygen atoms in total. The van der Waals surface area contributed by atoms with Crippen molar-refractivity contribution < 1.29 is 19.8 Å². The van der Waals surface area contributed by atoms with Gasteiger partial charge in [-0.1, -0.05) is 22.0 Å². The highest BCUT2D eigenvalue weighted by Gasteiger charge is 2.38. The second-order valence-electron chi connectivity index (χ2n) is 6.20. The maximum Gasteiger partial charge on any atom is 0.209 e. The lowest BCUT2D eigenvalue weighted by Gasteiger charge is -2.44. The molecule has 3 atom stereocenters. The molecule has 1 fully saturated rings. The average molecular weight is 380 g/mol. The number of piperidine rings is 1. The van der Waals surface area contributed by atoms with E-state index in [1.54, 1.807) is 11.0 Å². The Morgan fingerprint density at radius 1 is 1.30 bits per heavy atom. The van der Waals surface area contributed by atoms with Gasteiger partial charge >= 0.3 is 0 Å². The smallest absolute Gasteiger partial charge is 0.209 e. The van der Waals surface area contributed by atoms with E-state index in [-0.39, 0.29) is 35.2 Å². The monoisotopic (exact) mass is 379 g/mol. The maximum atomic E-state index is 11.6. The number of rotatable bonds is 3. The van der Waals surface area contributed by atoms with Gasteiger partial charge < -0.3 is 15.1 Å². The molecule has 1 aliphatic heterocycles. The van der Waals surface area contributed by atoms with Crippen LogP contribution in [0.4, 0.5) is 0 Å². The van der Waals surface area contributed by atoms with Gasteiger partial charge in [0.1, 0.15) is 0 Å². The summed E-state index contributed by atoms with van der Waals surface area (Å²) in [6, 6.07) is 2.91. The molecular weight excluding hydrogens is 362 g/mol. The van der Waals surface area contributed by atoms with Crippen molar-refractivity contribution in [1.82, 2.24) is 4.90 Å². The minimum absolute atomic E-state index is 0.0594. The first-order valence-electron chi connectivity index (χ1n) is 7.62. The summed E-state index contributed by atoms with van der Waals surface area (Å²) in [5, 5.41) is 19.3. The van der Waals surface area contributed by atoms with E-state index < -0.39 is 0 Å². The Hall–Kier alpha value is -1.82. The number of halogens is 1. The molecule has 2 aliphatic rings. The number of ketones is 1. The molecule has 3 rings (SSSR count). The van der Waals surface area contributed by atoms with Crippen molar-refractivity contribution in [1.29, 1.82) is 0 Å². The predicted octanol–water partition coefficient (Wildman–Crippen LogP) is 2.39. The minimum Gasteiger partial charge on any atom is -0.504 e. The Morgan fingerprint density at radius 3 is 2.78 bits per heavy atom. The van der Waals surface area contributed by atoms with Gasteiger partial charge in [0.15, 0.2) is 17.3 Å². The third kappa shape index (κ3) is 3.13. The van der Waals surface area contributed by atoms with E-state index in [1.165, 1.54) is 12.1 Å². The van der Waals surface area contributed by atoms with Gasteiger partial charge in [-0.05, 0) is 42.5 Å². The highest BCUT2D eigenvalue weighted by molar-refractivity contribution is 9.10. The minimum atomic E-state index is -0.183. The summed E-state index contributed by atoms with van der Waals surface area (Å²) in [6.45, 7) is 0.637. The third-order valence-electron chi connectivity index (χ3n) is 4.85. The van der Waals surface area contributed by atoms with Crippen molar-refractivity contribution in [2.24, 2.45) is 11.8 Å². The Kier molecular flexibility index (Phi) is 4.43. The van der Waals surface area contributed by atoms with Gasteiger partial charge in [0.25, 0.3) is 0 Å². The topological polar surface area (TPSA) is 77.8 Å². The quantitative estimate of drug-likeness (QED) is 0.624. The van der Waals surface area contributed by atoms with Gasteiger partial charge in [-0.15, -0.1) is 0 Å². The van der Waals surface area contributed by atoms with Crippen LogP contribution in [0.15, 0.2) is 28.8 Å². The molecule has 1 amide bonds. The highest BCUT2D eigenvalue weighted by Crippen LogP contribution is 2.39. The van der Waals surface area contributed by atoms with Gasteiger partial charge in [-0.2, -0.15) is 0 Å². The average Bonchev–Trinajstić information content (AvgIpc) is 2.52. The molecule has 1 saturated heterocycles. The van der Waals surface area contributed by atoms with Gasteiger partial charge in [0.05, 0.1) is 0 Å². The van der Waals surface area contributed by atoms with E-state index >= 15 is 0 Å². The standard InChI is InChI=1S/C17H18BrNO4/c18-14-8-17(23)16(22)7-11(14)6-15-13-2-1-12(21)5-10(13)3-4-19(15)9-20/h1-2,7-10,13,15,22-23H,3-6H2/t10?,13?,15-/m1/s1. The summed E-state index contributed by atoms with van der Waals surface area (Å²) in [4.78, 5) is 24.8. The molecule has 0 spiro atoms. The maximum absolute atomic E-state index is 11.6. The zero-order valence-corrected chi connectivity index (χ0v) is 14.1. The summed E-state index contributed by atoms with van der Waals surface area (Å²) in [6.07, 6.45) is 6.31. The van der Waals surface area contributed by atoms with Crippen LogP contribution >= 0.6 is 15.9 Å². The number of amides is 1. The van der Waals surface area contributed by atoms with E-state index in [9.17, 15) is 19.8 Å². The fourth-order valence-electron chi connectivity index (χ4n) is 3.64. The number of carbonyl (C=O) groups excluding carboxylic acids is 2. The first-order valence-corrected chi connectivity index (χ1v) is 8.41. The van der Waals surface area contributed by atoms with E-state index in [0.717, 1.165) is 18.4 Å². The van der Waals surface area contributed by atoms with Crippen LogP contribution in [0.1, 0.15) is 18.4 Å². The first kappa shape index (κ1) is 16.1. The molecule has 122 valence electrons. The van der Waals surface area contributed by atoms with E-state index in [4.69, 9.17) is 0 Å². The molecule has 1 aromatic rings. The fraction of sp³-hybridized carbons (Fsp3) is 0.412. The number of benzene rings is 1. The van der Waals surface area contributed by atoms with Crippen LogP contribution in [-0.2, 0) is 16.0 Å². The van der Waals surface area contributed by atoms with Crippen LogP contribution in [-0.4, -0.2) is 39.9 Å². The second kappa shape index (κ2) is 6.35. The predicted molar refractivity (Wildman–Crippen MR) is 88.1 cm³/mol. The molecule has 1 heterocycles. The van der Waals surface area contributed by atoms with Crippen molar-refractivity contribution in [2.45, 2.75) is 25.3 Å². The van der Waals surface area contributed by atoms with Crippen molar-refractivity contribution in [3.05, 3.63) is 34.3 Å². The number of nitrogens with zero attached hydrogens (tertiary/aromatic N) is 1. The SMILES string of the molecule is O=CN1CCC2CC(=O)C=CC2[C@H]1Cc1cc(O)c(O)cc1Br. The molecule has 2 unspecified atom stereocenters. The lowest BCUT2D eigenvalue weighted by Crippen LogP contribution is -2.50. The molecule has 23 heavy (non-hydrogen) atoms. The van der Waals surface area contributed by atoms with Crippen molar-refractivity contribution in [3.8, 4) is 11.5 Å². The molecule has 0 radical (unpaired) electrons. The molecule has 0 aromatic heterocycles. The number of phenols is 2. The van der Waals surface area contributed by atoms with E-state index in [0.29, 0.717) is 23.9 Å². The lowest BCUT2D eigenvalue weighted by molar-refractivity contribution is -0.124. The van der Waals surface area contributed by atoms with Crippen LogP contribution < -0.4 is 0 Å². The van der Waals surface area contributed by atoms with E-state index in [2.05, 4.69) is 15.9 Å². The lowest BCUT2D eigenvalue weighted by atomic mass is 9.72. The number of hydrogen-bond acceptors (Lipinski definition) is 4. The number of fused-ring (bicyclic) bond motifs is 1. The Bertz CT molecular complexity index is 673. The van der Waals surface area contributed by atoms with Crippen LogP contribution in [0.2, 0.25) is 0 Å². The van der Waals surface area contributed by atoms with Crippen LogP contribution in [0, 0.1) is 11.8 Å². The summed E-state index contributed by atoms with van der Waals surface area (Å²) in [5.74, 6) is 0.181. The molecule has 2 N–H and O–H groups in total. The number of hydrogen-bond donors (Lipinski definition) is 2. The second-order valence-corrected chi connectivity index (χ2v) is 7.06. The summed E-state index contributed by atoms with van der Waals surface area (Å²) in [5.41, 5.74) is 0.822. The van der Waals surface area contributed by atoms with Gasteiger partial charge in [-0.25, -0.2) is 0 Å². The van der Waals surface area contributed by atoms with Crippen LogP contribution in [0.5, 0.6) is 11.5 Å². The van der Waals surface area contributed by atoms with Crippen molar-refractivity contribution in [3.63, 3.8) is 0 Å². The Labute approximate surface area is 142 Å². The third-order valence-corrected chi connectivity index (χ3v) is 5.59. The van der Waals surface area contributed by atoms with Gasteiger partial charge in [0.2, 0.25) is 6.41 Å². The number of carbonyl (C=O) groups is 2. The molecule has 6 heteroatoms. The summed E-state index contributed by atoms with van der Waals surface area (Å²) in [7, 11) is 0. The number of aromatic hydroxyl groups is 2. The molecule has 0 bridgehead atoms. The summed E-state index contributed by atoms with van der Waals surface area (Å²) < 4.78 is 0.691. The molecule has 1 aromatic carbocycles. The number of allylic oxidation sites excluding steroid dienone is 1. The normalized spacial score (nSPS) is 26.9. The zero-order chi connectivity index (χ0) is 16.6. The van der Waals surface area contributed by atoms with Crippen molar-refractivity contribution >= 4 is 28.1 Å². The number of likely N-dealkylation sites (tertiary alicyclic amines) is 1. The Morgan fingerprint density at radius 2 is 2.04 bits per heavy atom. The first-order chi connectivity index (χ1) is 11.0. The zero-order valence-electron chi connectivity index (χ0n) is 12.5. The highest BCUT2D eigenvalue weighted by atomic mass is 79.9. The largest absolute Gasteiger partial charge is 0.504 e. The van der Waals surface area contributed by atoms with Crippen molar-refractivity contribution in [2.75, 3.05) is 6.54 Å². The van der Waals surface area contributed by atoms with Crippen LogP contribution in [0.25, 0.3) is 0 Å². The fourth-order valence-corrected chi connectivity index (χ4v) is 4.13. The molecule has 0 saturated carbocycles.